The highest BCUT2D eigenvalue weighted by Gasteiger charge is 2.32. The molecule has 4 heterocycles. The van der Waals surface area contributed by atoms with Gasteiger partial charge in [-0.25, -0.2) is 9.67 Å². The number of carbonyl (C=O) groups is 1. The van der Waals surface area contributed by atoms with Gasteiger partial charge >= 0.3 is 0 Å². The fourth-order valence-electron chi connectivity index (χ4n) is 4.11. The Kier molecular flexibility index (Phi) is 7.11. The van der Waals surface area contributed by atoms with Crippen molar-refractivity contribution in [2.45, 2.75) is 64.6 Å². The number of hydrogen-bond donors (Lipinski definition) is 1. The summed E-state index contributed by atoms with van der Waals surface area (Å²) in [6, 6.07) is 3.21. The van der Waals surface area contributed by atoms with Crippen LogP contribution in [0.2, 0.25) is 0 Å². The molecule has 2 aromatic heterocycles. The third-order valence-electron chi connectivity index (χ3n) is 5.74. The zero-order chi connectivity index (χ0) is 17.6. The van der Waals surface area contributed by atoms with E-state index in [0.29, 0.717) is 12.1 Å². The van der Waals surface area contributed by atoms with Crippen LogP contribution in [0.5, 0.6) is 0 Å². The summed E-state index contributed by atoms with van der Waals surface area (Å²) < 4.78 is 1.95. The highest BCUT2D eigenvalue weighted by molar-refractivity contribution is 6.05. The molecule has 3 unspecified atom stereocenters. The van der Waals surface area contributed by atoms with Gasteiger partial charge in [-0.05, 0) is 45.6 Å². The van der Waals surface area contributed by atoms with Crippen molar-refractivity contribution >= 4 is 41.8 Å². The average Bonchev–Trinajstić information content (AvgIpc) is 3.15. The summed E-state index contributed by atoms with van der Waals surface area (Å²) in [6.07, 6.45) is 6.25. The molecule has 2 aliphatic rings. The molecule has 2 bridgehead atoms. The lowest BCUT2D eigenvalue weighted by Gasteiger charge is -2.24. The SMILES string of the molecule is CCC(C)n1ncc2c(C(=O)N3CCC4CCC(C3)N4)cc(C)nc21.Cl.Cl. The van der Waals surface area contributed by atoms with E-state index in [9.17, 15) is 4.79 Å². The molecule has 0 saturated carbocycles. The summed E-state index contributed by atoms with van der Waals surface area (Å²) in [5.41, 5.74) is 2.44. The maximum Gasteiger partial charge on any atom is 0.254 e. The minimum absolute atomic E-state index is 0. The van der Waals surface area contributed by atoms with E-state index in [1.165, 1.54) is 12.8 Å². The molecule has 6 nitrogen and oxygen atoms in total. The summed E-state index contributed by atoms with van der Waals surface area (Å²) in [5, 5.41) is 9.04. The van der Waals surface area contributed by atoms with Crippen molar-refractivity contribution in [3.63, 3.8) is 0 Å². The number of amides is 1. The van der Waals surface area contributed by atoms with Crippen LogP contribution in [0.15, 0.2) is 12.3 Å². The van der Waals surface area contributed by atoms with Crippen LogP contribution in [0.3, 0.4) is 0 Å². The van der Waals surface area contributed by atoms with Gasteiger partial charge in [0, 0.05) is 30.9 Å². The van der Waals surface area contributed by atoms with Gasteiger partial charge in [-0.15, -0.1) is 24.8 Å². The van der Waals surface area contributed by atoms with E-state index in [-0.39, 0.29) is 36.8 Å². The fourth-order valence-corrected chi connectivity index (χ4v) is 4.11. The number of nitrogens with zero attached hydrogens (tertiary/aromatic N) is 4. The van der Waals surface area contributed by atoms with Crippen LogP contribution in [0.25, 0.3) is 11.0 Å². The molecule has 2 aromatic rings. The normalized spacial score (nSPS) is 22.7. The van der Waals surface area contributed by atoms with E-state index < -0.39 is 0 Å². The zero-order valence-electron chi connectivity index (χ0n) is 16.1. The summed E-state index contributed by atoms with van der Waals surface area (Å²) in [4.78, 5) is 20.0. The van der Waals surface area contributed by atoms with Gasteiger partial charge in [-0.2, -0.15) is 5.10 Å². The Hall–Kier alpha value is -1.37. The number of hydrogen-bond acceptors (Lipinski definition) is 4. The first-order chi connectivity index (χ1) is 12.1. The van der Waals surface area contributed by atoms with E-state index >= 15 is 0 Å². The van der Waals surface area contributed by atoms with E-state index in [2.05, 4.69) is 29.2 Å². The van der Waals surface area contributed by atoms with Crippen molar-refractivity contribution in [2.75, 3.05) is 13.1 Å². The van der Waals surface area contributed by atoms with E-state index in [0.717, 1.165) is 48.2 Å². The average molecular weight is 414 g/mol. The molecule has 1 N–H and O–H groups in total. The Bertz CT molecular complexity index is 809. The van der Waals surface area contributed by atoms with Crippen LogP contribution in [0.1, 0.15) is 61.6 Å². The van der Waals surface area contributed by atoms with Crippen molar-refractivity contribution in [3.05, 3.63) is 23.5 Å². The first-order valence-corrected chi connectivity index (χ1v) is 9.47. The van der Waals surface area contributed by atoms with Crippen molar-refractivity contribution in [1.29, 1.82) is 0 Å². The van der Waals surface area contributed by atoms with Crippen molar-refractivity contribution < 1.29 is 4.79 Å². The maximum absolute atomic E-state index is 13.3. The molecule has 2 saturated heterocycles. The number of aryl methyl sites for hydroxylation is 1. The lowest BCUT2D eigenvalue weighted by molar-refractivity contribution is 0.0750. The van der Waals surface area contributed by atoms with E-state index in [1.54, 1.807) is 0 Å². The van der Waals surface area contributed by atoms with Gasteiger partial charge in [0.05, 0.1) is 23.2 Å². The molecule has 4 rings (SSSR count). The third-order valence-corrected chi connectivity index (χ3v) is 5.74. The van der Waals surface area contributed by atoms with Gasteiger partial charge in [-0.1, -0.05) is 6.92 Å². The van der Waals surface area contributed by atoms with Crippen LogP contribution in [-0.2, 0) is 0 Å². The molecule has 8 heteroatoms. The summed E-state index contributed by atoms with van der Waals surface area (Å²) in [6.45, 7) is 7.86. The predicted octanol–water partition coefficient (Wildman–Crippen LogP) is 3.52. The van der Waals surface area contributed by atoms with Gasteiger partial charge in [0.25, 0.3) is 5.91 Å². The topological polar surface area (TPSA) is 63.1 Å². The Labute approximate surface area is 172 Å². The maximum atomic E-state index is 13.3. The number of aromatic nitrogens is 3. The summed E-state index contributed by atoms with van der Waals surface area (Å²) in [7, 11) is 0. The Morgan fingerprint density at radius 2 is 2.04 bits per heavy atom. The van der Waals surface area contributed by atoms with E-state index in [4.69, 9.17) is 0 Å². The van der Waals surface area contributed by atoms with Crippen molar-refractivity contribution in [3.8, 4) is 0 Å². The molecule has 0 spiro atoms. The number of likely N-dealkylation sites (tertiary alicyclic amines) is 1. The monoisotopic (exact) mass is 413 g/mol. The van der Waals surface area contributed by atoms with Crippen molar-refractivity contribution in [1.82, 2.24) is 25.0 Å². The van der Waals surface area contributed by atoms with Crippen molar-refractivity contribution in [2.24, 2.45) is 0 Å². The minimum atomic E-state index is 0. The first-order valence-electron chi connectivity index (χ1n) is 9.47. The smallest absolute Gasteiger partial charge is 0.254 e. The Balaban J connectivity index is 0.00000131. The second kappa shape index (κ2) is 8.76. The van der Waals surface area contributed by atoms with Crippen LogP contribution >= 0.6 is 24.8 Å². The quantitative estimate of drug-likeness (QED) is 0.835. The molecular formula is C19H29Cl2N5O. The molecule has 0 radical (unpaired) electrons. The van der Waals surface area contributed by atoms with Gasteiger partial charge in [-0.3, -0.25) is 4.79 Å². The third kappa shape index (κ3) is 4.08. The highest BCUT2D eigenvalue weighted by atomic mass is 35.5. The number of nitrogens with one attached hydrogen (secondary N) is 1. The predicted molar refractivity (Wildman–Crippen MR) is 112 cm³/mol. The van der Waals surface area contributed by atoms with Gasteiger partial charge in [0.15, 0.2) is 5.65 Å². The Morgan fingerprint density at radius 1 is 1.30 bits per heavy atom. The number of halogens is 2. The number of carbonyl (C=O) groups excluding carboxylic acids is 1. The molecule has 0 aromatic carbocycles. The standard InChI is InChI=1S/C19H27N5O.2ClH/c1-4-13(3)24-18-17(10-20-24)16(9-12(2)21-18)19(25)23-8-7-14-5-6-15(11-23)22-14;;/h9-10,13-15,22H,4-8,11H2,1-3H3;2*1H. The molecule has 3 atom stereocenters. The Morgan fingerprint density at radius 3 is 2.78 bits per heavy atom. The lowest BCUT2D eigenvalue weighted by Crippen LogP contribution is -2.39. The minimum Gasteiger partial charge on any atom is -0.337 e. The molecule has 2 aliphatic heterocycles. The lowest BCUT2D eigenvalue weighted by atomic mass is 10.1. The second-order valence-electron chi connectivity index (χ2n) is 7.57. The van der Waals surface area contributed by atoms with Gasteiger partial charge < -0.3 is 10.2 Å². The summed E-state index contributed by atoms with van der Waals surface area (Å²) >= 11 is 0. The molecular weight excluding hydrogens is 385 g/mol. The fraction of sp³-hybridized carbons (Fsp3) is 0.632. The number of fused-ring (bicyclic) bond motifs is 3. The first kappa shape index (κ1) is 21.9. The summed E-state index contributed by atoms with van der Waals surface area (Å²) in [5.74, 6) is 0.119. The largest absolute Gasteiger partial charge is 0.337 e. The molecule has 27 heavy (non-hydrogen) atoms. The number of pyridine rings is 1. The van der Waals surface area contributed by atoms with E-state index in [1.807, 2.05) is 28.8 Å². The molecule has 1 amide bonds. The molecule has 2 fully saturated rings. The molecule has 0 aliphatic carbocycles. The zero-order valence-corrected chi connectivity index (χ0v) is 17.8. The van der Waals surface area contributed by atoms with Crippen LogP contribution in [0, 0.1) is 6.92 Å². The van der Waals surface area contributed by atoms with Gasteiger partial charge in [0.1, 0.15) is 0 Å². The van der Waals surface area contributed by atoms with Crippen LogP contribution in [0.4, 0.5) is 0 Å². The number of rotatable bonds is 3. The van der Waals surface area contributed by atoms with Crippen LogP contribution < -0.4 is 5.32 Å². The second-order valence-corrected chi connectivity index (χ2v) is 7.57. The molecule has 150 valence electrons. The van der Waals surface area contributed by atoms with Crippen LogP contribution in [-0.4, -0.2) is 50.7 Å². The van der Waals surface area contributed by atoms with Gasteiger partial charge in [0.2, 0.25) is 0 Å². The highest BCUT2D eigenvalue weighted by Crippen LogP contribution is 2.26.